The van der Waals surface area contributed by atoms with Gasteiger partial charge in [-0.2, -0.15) is 0 Å². The Morgan fingerprint density at radius 1 is 1.35 bits per heavy atom. The number of aromatic nitrogens is 1. The van der Waals surface area contributed by atoms with Crippen molar-refractivity contribution >= 4 is 28.8 Å². The minimum atomic E-state index is -0.671. The molecular formula is C13H10FN3O2S. The molecule has 1 heterocycles. The van der Waals surface area contributed by atoms with Crippen LogP contribution in [0.1, 0.15) is 15.9 Å². The van der Waals surface area contributed by atoms with Crippen LogP contribution in [0.3, 0.4) is 0 Å². The van der Waals surface area contributed by atoms with Crippen LogP contribution in [-0.2, 0) is 0 Å². The van der Waals surface area contributed by atoms with E-state index in [1.165, 1.54) is 36.7 Å². The Labute approximate surface area is 118 Å². The Morgan fingerprint density at radius 2 is 2.10 bits per heavy atom. The van der Waals surface area contributed by atoms with Crippen LogP contribution in [0.25, 0.3) is 0 Å². The van der Waals surface area contributed by atoms with Gasteiger partial charge in [0, 0.05) is 18.5 Å². The van der Waals surface area contributed by atoms with E-state index < -0.39 is 17.2 Å². The summed E-state index contributed by atoms with van der Waals surface area (Å²) in [7, 11) is 0. The van der Waals surface area contributed by atoms with Gasteiger partial charge in [0.15, 0.2) is 5.43 Å². The quantitative estimate of drug-likeness (QED) is 0.746. The first-order chi connectivity index (χ1) is 9.50. The van der Waals surface area contributed by atoms with Gasteiger partial charge in [0.1, 0.15) is 16.4 Å². The molecule has 5 nitrogen and oxygen atoms in total. The lowest BCUT2D eigenvalue weighted by molar-refractivity contribution is 0.102. The van der Waals surface area contributed by atoms with Crippen LogP contribution in [-0.4, -0.2) is 15.9 Å². The van der Waals surface area contributed by atoms with Crippen LogP contribution in [0.15, 0.2) is 41.5 Å². The van der Waals surface area contributed by atoms with Crippen LogP contribution < -0.4 is 16.5 Å². The highest BCUT2D eigenvalue weighted by atomic mass is 32.1. The highest BCUT2D eigenvalue weighted by Gasteiger charge is 2.15. The molecule has 102 valence electrons. The van der Waals surface area contributed by atoms with E-state index >= 15 is 0 Å². The van der Waals surface area contributed by atoms with Crippen LogP contribution >= 0.6 is 12.2 Å². The number of carbonyl (C=O) groups is 1. The van der Waals surface area contributed by atoms with Gasteiger partial charge in [0.25, 0.3) is 5.91 Å². The molecule has 0 saturated heterocycles. The Kier molecular flexibility index (Phi) is 3.90. The normalized spacial score (nSPS) is 10.1. The predicted octanol–water partition coefficient (Wildman–Crippen LogP) is 1.40. The molecule has 0 spiro atoms. The standard InChI is InChI=1S/C13H10FN3O2S/c14-8-2-1-3-9(11(8)12(15)20)17-13(19)7-6-16-5-4-10(7)18/h1-6H,(H2,15,20)(H,16,18)(H,17,19). The lowest BCUT2D eigenvalue weighted by atomic mass is 10.1. The van der Waals surface area contributed by atoms with E-state index in [2.05, 4.69) is 10.3 Å². The molecule has 4 N–H and O–H groups in total. The zero-order valence-corrected chi connectivity index (χ0v) is 11.0. The number of carbonyl (C=O) groups excluding carboxylic acids is 1. The van der Waals surface area contributed by atoms with Crippen LogP contribution in [0.2, 0.25) is 0 Å². The van der Waals surface area contributed by atoms with Crippen molar-refractivity contribution in [2.45, 2.75) is 0 Å². The zero-order valence-electron chi connectivity index (χ0n) is 10.1. The molecule has 0 atom stereocenters. The van der Waals surface area contributed by atoms with Crippen molar-refractivity contribution in [3.05, 3.63) is 63.8 Å². The molecule has 0 radical (unpaired) electrons. The second kappa shape index (κ2) is 5.62. The van der Waals surface area contributed by atoms with Crippen molar-refractivity contribution < 1.29 is 9.18 Å². The predicted molar refractivity (Wildman–Crippen MR) is 77.3 cm³/mol. The topological polar surface area (TPSA) is 88.0 Å². The van der Waals surface area contributed by atoms with E-state index in [1.54, 1.807) is 0 Å². The fourth-order valence-electron chi connectivity index (χ4n) is 1.66. The highest BCUT2D eigenvalue weighted by molar-refractivity contribution is 7.80. The van der Waals surface area contributed by atoms with Crippen molar-refractivity contribution in [3.63, 3.8) is 0 Å². The number of benzene rings is 1. The molecule has 0 aliphatic rings. The molecule has 0 fully saturated rings. The number of anilines is 1. The molecule has 0 unspecified atom stereocenters. The first-order valence-electron chi connectivity index (χ1n) is 5.57. The minimum Gasteiger partial charge on any atom is -0.389 e. The number of amides is 1. The summed E-state index contributed by atoms with van der Waals surface area (Å²) < 4.78 is 13.6. The first-order valence-corrected chi connectivity index (χ1v) is 5.98. The number of H-pyrrole nitrogens is 1. The maximum atomic E-state index is 13.6. The third kappa shape index (κ3) is 2.72. The van der Waals surface area contributed by atoms with Crippen molar-refractivity contribution in [3.8, 4) is 0 Å². The van der Waals surface area contributed by atoms with E-state index in [1.807, 2.05) is 0 Å². The lowest BCUT2D eigenvalue weighted by Gasteiger charge is -2.10. The van der Waals surface area contributed by atoms with Crippen LogP contribution in [0, 0.1) is 5.82 Å². The van der Waals surface area contributed by atoms with Gasteiger partial charge in [-0.05, 0) is 12.1 Å². The highest BCUT2D eigenvalue weighted by Crippen LogP contribution is 2.19. The number of rotatable bonds is 3. The lowest BCUT2D eigenvalue weighted by Crippen LogP contribution is -2.23. The number of pyridine rings is 1. The molecule has 0 aliphatic carbocycles. The fraction of sp³-hybridized carbons (Fsp3) is 0. The van der Waals surface area contributed by atoms with E-state index in [4.69, 9.17) is 18.0 Å². The monoisotopic (exact) mass is 291 g/mol. The number of hydrogen-bond acceptors (Lipinski definition) is 3. The van der Waals surface area contributed by atoms with E-state index in [0.717, 1.165) is 0 Å². The second-order valence-corrected chi connectivity index (χ2v) is 4.34. The Morgan fingerprint density at radius 3 is 2.75 bits per heavy atom. The Hall–Kier alpha value is -2.54. The second-order valence-electron chi connectivity index (χ2n) is 3.90. The Bertz CT molecular complexity index is 742. The summed E-state index contributed by atoms with van der Waals surface area (Å²) in [6.07, 6.45) is 2.67. The molecule has 20 heavy (non-hydrogen) atoms. The van der Waals surface area contributed by atoms with Crippen molar-refractivity contribution in [2.24, 2.45) is 5.73 Å². The van der Waals surface area contributed by atoms with Crippen molar-refractivity contribution in [1.29, 1.82) is 0 Å². The summed E-state index contributed by atoms with van der Waals surface area (Å²) in [4.78, 5) is 26.0. The summed E-state index contributed by atoms with van der Waals surface area (Å²) in [5.41, 5.74) is 4.94. The van der Waals surface area contributed by atoms with Gasteiger partial charge in [-0.1, -0.05) is 18.3 Å². The average molecular weight is 291 g/mol. The number of hydrogen-bond donors (Lipinski definition) is 3. The van der Waals surface area contributed by atoms with Gasteiger partial charge >= 0.3 is 0 Å². The molecule has 0 saturated carbocycles. The van der Waals surface area contributed by atoms with Crippen LogP contribution in [0.5, 0.6) is 0 Å². The van der Waals surface area contributed by atoms with E-state index in [-0.39, 0.29) is 21.8 Å². The molecular weight excluding hydrogens is 281 g/mol. The number of aromatic amines is 1. The number of halogens is 1. The van der Waals surface area contributed by atoms with Gasteiger partial charge in [0.2, 0.25) is 0 Å². The zero-order chi connectivity index (χ0) is 14.7. The van der Waals surface area contributed by atoms with Gasteiger partial charge in [-0.15, -0.1) is 0 Å². The van der Waals surface area contributed by atoms with E-state index in [9.17, 15) is 14.0 Å². The minimum absolute atomic E-state index is 0.0665. The van der Waals surface area contributed by atoms with Crippen LogP contribution in [0.4, 0.5) is 10.1 Å². The summed E-state index contributed by atoms with van der Waals surface area (Å²) in [6, 6.07) is 5.25. The van der Waals surface area contributed by atoms with Crippen molar-refractivity contribution in [2.75, 3.05) is 5.32 Å². The average Bonchev–Trinajstić information content (AvgIpc) is 2.38. The maximum absolute atomic E-state index is 13.6. The van der Waals surface area contributed by atoms with Crippen molar-refractivity contribution in [1.82, 2.24) is 4.98 Å². The van der Waals surface area contributed by atoms with E-state index in [0.29, 0.717) is 0 Å². The third-order valence-electron chi connectivity index (χ3n) is 2.58. The molecule has 1 aromatic carbocycles. The summed E-state index contributed by atoms with van der Waals surface area (Å²) in [5, 5.41) is 2.42. The largest absolute Gasteiger partial charge is 0.389 e. The summed E-state index contributed by atoms with van der Waals surface area (Å²) >= 11 is 4.75. The molecule has 7 heteroatoms. The Balaban J connectivity index is 2.39. The molecule has 2 aromatic rings. The maximum Gasteiger partial charge on any atom is 0.261 e. The van der Waals surface area contributed by atoms with Gasteiger partial charge in [0.05, 0.1) is 11.3 Å². The van der Waals surface area contributed by atoms with Gasteiger partial charge in [-0.25, -0.2) is 4.39 Å². The number of thiocarbonyl (C=S) groups is 1. The smallest absolute Gasteiger partial charge is 0.261 e. The molecule has 2 rings (SSSR count). The molecule has 0 aliphatic heterocycles. The number of nitrogens with two attached hydrogens (primary N) is 1. The SMILES string of the molecule is NC(=S)c1c(F)cccc1NC(=O)c1c[nH]ccc1=O. The number of nitrogens with one attached hydrogen (secondary N) is 2. The summed E-state index contributed by atoms with van der Waals surface area (Å²) in [5.74, 6) is -1.31. The van der Waals surface area contributed by atoms with Gasteiger partial charge in [-0.3, -0.25) is 9.59 Å². The molecule has 1 aromatic heterocycles. The molecule has 1 amide bonds. The first kappa shape index (κ1) is 13.9. The third-order valence-corrected chi connectivity index (χ3v) is 2.78. The molecule has 0 bridgehead atoms. The fourth-order valence-corrected chi connectivity index (χ4v) is 1.87. The van der Waals surface area contributed by atoms with Gasteiger partial charge < -0.3 is 16.0 Å². The summed E-state index contributed by atoms with van der Waals surface area (Å²) in [6.45, 7) is 0.